The molecule has 0 spiro atoms. The zero-order valence-electron chi connectivity index (χ0n) is 13.1. The fraction of sp³-hybridized carbons (Fsp3) is 0.188. The maximum absolute atomic E-state index is 13.3. The molecule has 0 aliphatic rings. The highest BCUT2D eigenvalue weighted by atomic mass is 32.2. The molecule has 2 aromatic rings. The number of sulfonamides is 1. The van der Waals surface area contributed by atoms with Gasteiger partial charge in [-0.25, -0.2) is 17.6 Å². The van der Waals surface area contributed by atoms with Gasteiger partial charge in [0.25, 0.3) is 0 Å². The van der Waals surface area contributed by atoms with Crippen LogP contribution in [-0.4, -0.2) is 33.8 Å². The van der Waals surface area contributed by atoms with Gasteiger partial charge in [-0.05, 0) is 30.3 Å². The summed E-state index contributed by atoms with van der Waals surface area (Å²) in [4.78, 5) is 11.8. The molecule has 0 saturated carbocycles. The van der Waals surface area contributed by atoms with Gasteiger partial charge in [0.15, 0.2) is 0 Å². The van der Waals surface area contributed by atoms with Crippen LogP contribution in [0.2, 0.25) is 0 Å². The molecule has 0 saturated heterocycles. The van der Waals surface area contributed by atoms with Crippen LogP contribution in [0.4, 0.5) is 20.6 Å². The first kappa shape index (κ1) is 17.7. The van der Waals surface area contributed by atoms with Crippen LogP contribution < -0.4 is 14.9 Å². The molecule has 0 radical (unpaired) electrons. The lowest BCUT2D eigenvalue weighted by Crippen LogP contribution is -2.39. The molecule has 0 fully saturated rings. The minimum atomic E-state index is -3.60. The van der Waals surface area contributed by atoms with Crippen molar-refractivity contribution in [1.82, 2.24) is 5.32 Å². The van der Waals surface area contributed by atoms with Gasteiger partial charge < -0.3 is 10.6 Å². The van der Waals surface area contributed by atoms with Gasteiger partial charge in [-0.3, -0.25) is 4.31 Å². The maximum Gasteiger partial charge on any atom is 0.319 e. The standard InChI is InChI=1S/C16H18FN3O3S/c1-24(22,23)20(15-9-5-6-13(17)12-15)11-10-18-16(21)19-14-7-3-2-4-8-14/h2-9,12H,10-11H2,1H3,(H2,18,19,21). The van der Waals surface area contributed by atoms with E-state index in [0.29, 0.717) is 5.69 Å². The Morgan fingerprint density at radius 1 is 1.12 bits per heavy atom. The zero-order chi connectivity index (χ0) is 17.6. The number of hydrogen-bond donors (Lipinski definition) is 2. The van der Waals surface area contributed by atoms with Crippen LogP contribution in [0.5, 0.6) is 0 Å². The van der Waals surface area contributed by atoms with Gasteiger partial charge in [-0.2, -0.15) is 0 Å². The van der Waals surface area contributed by atoms with Gasteiger partial charge in [-0.1, -0.05) is 24.3 Å². The first-order chi connectivity index (χ1) is 11.4. The quantitative estimate of drug-likeness (QED) is 0.839. The summed E-state index contributed by atoms with van der Waals surface area (Å²) in [5.74, 6) is -0.532. The molecule has 6 nitrogen and oxygen atoms in total. The monoisotopic (exact) mass is 351 g/mol. The van der Waals surface area contributed by atoms with E-state index in [0.717, 1.165) is 16.6 Å². The van der Waals surface area contributed by atoms with E-state index >= 15 is 0 Å². The molecule has 2 aromatic carbocycles. The number of nitrogens with zero attached hydrogens (tertiary/aromatic N) is 1. The summed E-state index contributed by atoms with van der Waals surface area (Å²) in [6.45, 7) is 0.0622. The number of amides is 2. The van der Waals surface area contributed by atoms with Gasteiger partial charge in [0.1, 0.15) is 5.82 Å². The van der Waals surface area contributed by atoms with Crippen LogP contribution in [0, 0.1) is 5.82 Å². The fourth-order valence-electron chi connectivity index (χ4n) is 2.09. The van der Waals surface area contributed by atoms with Crippen LogP contribution in [0.15, 0.2) is 54.6 Å². The van der Waals surface area contributed by atoms with E-state index < -0.39 is 21.9 Å². The van der Waals surface area contributed by atoms with Gasteiger partial charge in [-0.15, -0.1) is 0 Å². The molecular weight excluding hydrogens is 333 g/mol. The Labute approximate surface area is 140 Å². The topological polar surface area (TPSA) is 78.5 Å². The normalized spacial score (nSPS) is 10.9. The summed E-state index contributed by atoms with van der Waals surface area (Å²) < 4.78 is 38.1. The first-order valence-corrected chi connectivity index (χ1v) is 9.04. The molecule has 0 heterocycles. The van der Waals surface area contributed by atoms with E-state index in [1.165, 1.54) is 18.2 Å². The second kappa shape index (κ2) is 7.78. The van der Waals surface area contributed by atoms with Crippen LogP contribution in [0.3, 0.4) is 0 Å². The maximum atomic E-state index is 13.3. The summed E-state index contributed by atoms with van der Waals surface area (Å²) in [5, 5.41) is 5.19. The smallest absolute Gasteiger partial charge is 0.319 e. The Morgan fingerprint density at radius 2 is 1.83 bits per heavy atom. The zero-order valence-corrected chi connectivity index (χ0v) is 13.9. The van der Waals surface area contributed by atoms with Crippen molar-refractivity contribution in [2.45, 2.75) is 0 Å². The number of benzene rings is 2. The highest BCUT2D eigenvalue weighted by molar-refractivity contribution is 7.92. The predicted octanol–water partition coefficient (Wildman–Crippen LogP) is 2.41. The number of rotatable bonds is 6. The van der Waals surface area contributed by atoms with E-state index in [1.807, 2.05) is 6.07 Å². The lowest BCUT2D eigenvalue weighted by molar-refractivity contribution is 0.252. The van der Waals surface area contributed by atoms with Crippen LogP contribution in [0.1, 0.15) is 0 Å². The van der Waals surface area contributed by atoms with Gasteiger partial charge in [0.2, 0.25) is 10.0 Å². The lowest BCUT2D eigenvalue weighted by Gasteiger charge is -2.22. The van der Waals surface area contributed by atoms with Crippen molar-refractivity contribution < 1.29 is 17.6 Å². The Morgan fingerprint density at radius 3 is 2.46 bits per heavy atom. The molecule has 24 heavy (non-hydrogen) atoms. The van der Waals surface area contributed by atoms with E-state index in [2.05, 4.69) is 10.6 Å². The number of hydrogen-bond acceptors (Lipinski definition) is 3. The van der Waals surface area contributed by atoms with Gasteiger partial charge in [0.05, 0.1) is 18.5 Å². The highest BCUT2D eigenvalue weighted by Crippen LogP contribution is 2.17. The average Bonchev–Trinajstić information content (AvgIpc) is 2.51. The minimum Gasteiger partial charge on any atom is -0.336 e. The Hall–Kier alpha value is -2.61. The minimum absolute atomic E-state index is 0.00943. The predicted molar refractivity (Wildman–Crippen MR) is 92.1 cm³/mol. The van der Waals surface area contributed by atoms with Crippen molar-refractivity contribution in [2.24, 2.45) is 0 Å². The Balaban J connectivity index is 1.95. The SMILES string of the molecule is CS(=O)(=O)N(CCNC(=O)Nc1ccccc1)c1cccc(F)c1. The summed E-state index contributed by atoms with van der Waals surface area (Å²) in [7, 11) is -3.60. The second-order valence-corrected chi connectivity index (χ2v) is 6.97. The summed E-state index contributed by atoms with van der Waals surface area (Å²) >= 11 is 0. The number of urea groups is 1. The number of nitrogens with one attached hydrogen (secondary N) is 2. The van der Waals surface area contributed by atoms with Crippen molar-refractivity contribution in [3.8, 4) is 0 Å². The molecule has 2 amide bonds. The molecule has 0 aliphatic heterocycles. The van der Waals surface area contributed by atoms with Crippen molar-refractivity contribution in [3.05, 3.63) is 60.4 Å². The second-order valence-electron chi connectivity index (χ2n) is 5.06. The number of carbonyl (C=O) groups is 1. The van der Waals surface area contributed by atoms with Gasteiger partial charge >= 0.3 is 6.03 Å². The third-order valence-corrected chi connectivity index (χ3v) is 4.32. The van der Waals surface area contributed by atoms with Crippen LogP contribution in [-0.2, 0) is 10.0 Å². The van der Waals surface area contributed by atoms with Crippen molar-refractivity contribution in [3.63, 3.8) is 0 Å². The molecule has 0 unspecified atom stereocenters. The van der Waals surface area contributed by atoms with E-state index in [1.54, 1.807) is 24.3 Å². The molecule has 128 valence electrons. The Kier molecular flexibility index (Phi) is 5.75. The van der Waals surface area contributed by atoms with Crippen LogP contribution >= 0.6 is 0 Å². The van der Waals surface area contributed by atoms with E-state index in [-0.39, 0.29) is 18.8 Å². The first-order valence-electron chi connectivity index (χ1n) is 7.19. The van der Waals surface area contributed by atoms with Crippen LogP contribution in [0.25, 0.3) is 0 Å². The third-order valence-electron chi connectivity index (χ3n) is 3.13. The van der Waals surface area contributed by atoms with Crippen molar-refractivity contribution in [1.29, 1.82) is 0 Å². The molecule has 8 heteroatoms. The Bertz CT molecular complexity index is 797. The lowest BCUT2D eigenvalue weighted by atomic mass is 10.3. The van der Waals surface area contributed by atoms with E-state index in [9.17, 15) is 17.6 Å². The van der Waals surface area contributed by atoms with E-state index in [4.69, 9.17) is 0 Å². The number of halogens is 1. The van der Waals surface area contributed by atoms with Crippen molar-refractivity contribution in [2.75, 3.05) is 29.0 Å². The number of para-hydroxylation sites is 1. The summed E-state index contributed by atoms with van der Waals surface area (Å²) in [6, 6.07) is 13.7. The molecular formula is C16H18FN3O3S. The molecule has 0 bridgehead atoms. The average molecular weight is 351 g/mol. The number of carbonyl (C=O) groups excluding carboxylic acids is 1. The third kappa shape index (κ3) is 5.24. The van der Waals surface area contributed by atoms with Crippen molar-refractivity contribution >= 4 is 27.4 Å². The summed E-state index contributed by atoms with van der Waals surface area (Å²) in [6.07, 6.45) is 1.03. The largest absolute Gasteiger partial charge is 0.336 e. The van der Waals surface area contributed by atoms with Gasteiger partial charge in [0, 0.05) is 12.2 Å². The molecule has 2 rings (SSSR count). The highest BCUT2D eigenvalue weighted by Gasteiger charge is 2.17. The fourth-order valence-corrected chi connectivity index (χ4v) is 3.00. The molecule has 0 aliphatic carbocycles. The molecule has 0 atom stereocenters. The molecule has 0 aromatic heterocycles. The summed E-state index contributed by atoms with van der Waals surface area (Å²) in [5.41, 5.74) is 0.836. The number of anilines is 2. The molecule has 2 N–H and O–H groups in total.